The second-order valence-electron chi connectivity index (χ2n) is 6.19. The predicted molar refractivity (Wildman–Crippen MR) is 106 cm³/mol. The molecule has 0 spiro atoms. The summed E-state index contributed by atoms with van der Waals surface area (Å²) in [4.78, 5) is 12.2. The summed E-state index contributed by atoms with van der Waals surface area (Å²) in [7, 11) is 0. The number of hydrogen-bond acceptors (Lipinski definition) is 4. The molecule has 0 bridgehead atoms. The van der Waals surface area contributed by atoms with Crippen molar-refractivity contribution in [2.75, 3.05) is 5.32 Å². The molecule has 0 aliphatic rings. The maximum absolute atomic E-state index is 12.2. The number of carbonyl (C=O) groups is 1. The summed E-state index contributed by atoms with van der Waals surface area (Å²) in [5.41, 5.74) is 5.08. The summed E-state index contributed by atoms with van der Waals surface area (Å²) in [5, 5.41) is 19.1. The molecule has 0 aromatic heterocycles. The van der Waals surface area contributed by atoms with E-state index in [1.54, 1.807) is 13.0 Å². The second kappa shape index (κ2) is 7.70. The Labute approximate surface area is 152 Å². The molecule has 3 aromatic carbocycles. The first kappa shape index (κ1) is 17.5. The average molecular weight is 347 g/mol. The quantitative estimate of drug-likeness (QED) is 0.485. The van der Waals surface area contributed by atoms with E-state index in [9.17, 15) is 9.90 Å². The largest absolute Gasteiger partial charge is 0.507 e. The molecule has 5 heteroatoms. The summed E-state index contributed by atoms with van der Waals surface area (Å²) in [6.07, 6.45) is 1.47. The molecule has 0 aliphatic heterocycles. The van der Waals surface area contributed by atoms with Crippen LogP contribution in [0.25, 0.3) is 10.8 Å². The van der Waals surface area contributed by atoms with Crippen molar-refractivity contribution < 1.29 is 9.90 Å². The SMILES string of the molecule is Cc1cccc(N[C@H](C)C(=O)N/N=C\c2c(O)ccc3ccccc23)c1. The minimum atomic E-state index is -0.449. The van der Waals surface area contributed by atoms with Crippen LogP contribution in [0, 0.1) is 6.92 Å². The van der Waals surface area contributed by atoms with Crippen molar-refractivity contribution in [3.8, 4) is 5.75 Å². The lowest BCUT2D eigenvalue weighted by atomic mass is 10.0. The highest BCUT2D eigenvalue weighted by molar-refractivity contribution is 6.02. The molecule has 0 aliphatic carbocycles. The Balaban J connectivity index is 1.68. The zero-order chi connectivity index (χ0) is 18.5. The molecule has 26 heavy (non-hydrogen) atoms. The number of hydrogen-bond donors (Lipinski definition) is 3. The Bertz CT molecular complexity index is 966. The topological polar surface area (TPSA) is 73.7 Å². The summed E-state index contributed by atoms with van der Waals surface area (Å²) < 4.78 is 0. The van der Waals surface area contributed by atoms with E-state index in [-0.39, 0.29) is 11.7 Å². The van der Waals surface area contributed by atoms with Gasteiger partial charge in [0.15, 0.2) is 0 Å². The third-order valence-electron chi connectivity index (χ3n) is 4.11. The van der Waals surface area contributed by atoms with Gasteiger partial charge in [-0.1, -0.05) is 42.5 Å². The predicted octanol–water partition coefficient (Wildman–Crippen LogP) is 3.80. The first-order valence-corrected chi connectivity index (χ1v) is 8.41. The third kappa shape index (κ3) is 4.00. The molecule has 3 rings (SSSR count). The van der Waals surface area contributed by atoms with E-state index in [2.05, 4.69) is 15.8 Å². The fourth-order valence-electron chi connectivity index (χ4n) is 2.73. The number of phenolic OH excluding ortho intramolecular Hbond substituents is 1. The lowest BCUT2D eigenvalue weighted by Crippen LogP contribution is -2.34. The van der Waals surface area contributed by atoms with Gasteiger partial charge in [-0.3, -0.25) is 4.79 Å². The molecule has 0 saturated carbocycles. The number of anilines is 1. The molecule has 0 unspecified atom stereocenters. The molecule has 0 fully saturated rings. The van der Waals surface area contributed by atoms with Gasteiger partial charge in [0.2, 0.25) is 0 Å². The fourth-order valence-corrected chi connectivity index (χ4v) is 2.73. The molecule has 1 atom stereocenters. The Hall–Kier alpha value is -3.34. The molecule has 1 amide bonds. The maximum atomic E-state index is 12.2. The van der Waals surface area contributed by atoms with E-state index in [1.165, 1.54) is 6.21 Å². The number of hydrazone groups is 1. The van der Waals surface area contributed by atoms with E-state index in [0.717, 1.165) is 22.0 Å². The molecular weight excluding hydrogens is 326 g/mol. The highest BCUT2D eigenvalue weighted by Gasteiger charge is 2.12. The molecule has 3 aromatic rings. The lowest BCUT2D eigenvalue weighted by Gasteiger charge is -2.13. The first-order valence-electron chi connectivity index (χ1n) is 8.41. The van der Waals surface area contributed by atoms with Gasteiger partial charge < -0.3 is 10.4 Å². The van der Waals surface area contributed by atoms with Gasteiger partial charge in [-0.25, -0.2) is 5.43 Å². The zero-order valence-corrected chi connectivity index (χ0v) is 14.7. The molecule has 0 saturated heterocycles. The highest BCUT2D eigenvalue weighted by Crippen LogP contribution is 2.25. The number of amides is 1. The minimum Gasteiger partial charge on any atom is -0.507 e. The van der Waals surface area contributed by atoms with Crippen molar-refractivity contribution in [3.63, 3.8) is 0 Å². The van der Waals surface area contributed by atoms with Crippen LogP contribution in [-0.2, 0) is 4.79 Å². The van der Waals surface area contributed by atoms with Crippen molar-refractivity contribution in [2.45, 2.75) is 19.9 Å². The second-order valence-corrected chi connectivity index (χ2v) is 6.19. The number of nitrogens with zero attached hydrogens (tertiary/aromatic N) is 1. The van der Waals surface area contributed by atoms with Gasteiger partial charge in [-0.2, -0.15) is 5.10 Å². The smallest absolute Gasteiger partial charge is 0.262 e. The molecule has 132 valence electrons. The molecule has 0 radical (unpaired) electrons. The van der Waals surface area contributed by atoms with Gasteiger partial charge in [-0.15, -0.1) is 0 Å². The Kier molecular flexibility index (Phi) is 5.17. The van der Waals surface area contributed by atoms with Crippen LogP contribution in [0.1, 0.15) is 18.1 Å². The van der Waals surface area contributed by atoms with Crippen molar-refractivity contribution in [1.82, 2.24) is 5.43 Å². The van der Waals surface area contributed by atoms with Gasteiger partial charge in [0.25, 0.3) is 5.91 Å². The van der Waals surface area contributed by atoms with E-state index < -0.39 is 6.04 Å². The van der Waals surface area contributed by atoms with Gasteiger partial charge in [0.1, 0.15) is 11.8 Å². The first-order chi connectivity index (χ1) is 12.5. The molecule has 3 N–H and O–H groups in total. The van der Waals surface area contributed by atoms with Gasteiger partial charge in [-0.05, 0) is 48.4 Å². The van der Waals surface area contributed by atoms with Crippen molar-refractivity contribution in [1.29, 1.82) is 0 Å². The number of fused-ring (bicyclic) bond motifs is 1. The van der Waals surface area contributed by atoms with E-state index in [1.807, 2.05) is 61.5 Å². The normalized spacial score (nSPS) is 12.2. The maximum Gasteiger partial charge on any atom is 0.262 e. The highest BCUT2D eigenvalue weighted by atomic mass is 16.3. The monoisotopic (exact) mass is 347 g/mol. The van der Waals surface area contributed by atoms with E-state index in [0.29, 0.717) is 5.56 Å². The average Bonchev–Trinajstić information content (AvgIpc) is 2.63. The van der Waals surface area contributed by atoms with Gasteiger partial charge in [0.05, 0.1) is 6.21 Å². The zero-order valence-electron chi connectivity index (χ0n) is 14.7. The van der Waals surface area contributed by atoms with E-state index >= 15 is 0 Å². The fraction of sp³-hybridized carbons (Fsp3) is 0.143. The number of phenols is 1. The minimum absolute atomic E-state index is 0.118. The summed E-state index contributed by atoms with van der Waals surface area (Å²) >= 11 is 0. The lowest BCUT2D eigenvalue weighted by molar-refractivity contribution is -0.121. The Morgan fingerprint density at radius 2 is 1.92 bits per heavy atom. The van der Waals surface area contributed by atoms with Crippen LogP contribution in [0.15, 0.2) is 65.8 Å². The summed E-state index contributed by atoms with van der Waals surface area (Å²) in [6, 6.07) is 18.5. The summed E-state index contributed by atoms with van der Waals surface area (Å²) in [5.74, 6) is -0.143. The Morgan fingerprint density at radius 1 is 1.12 bits per heavy atom. The number of carbonyl (C=O) groups excluding carboxylic acids is 1. The number of nitrogens with one attached hydrogen (secondary N) is 2. The van der Waals surface area contributed by atoms with Gasteiger partial charge >= 0.3 is 0 Å². The van der Waals surface area contributed by atoms with E-state index in [4.69, 9.17) is 0 Å². The standard InChI is InChI=1S/C21H21N3O2/c1-14-6-5-8-17(12-14)23-15(2)21(26)24-22-13-19-18-9-4-3-7-16(18)10-11-20(19)25/h3-13,15,23,25H,1-2H3,(H,24,26)/b22-13-/t15-/m1/s1. The Morgan fingerprint density at radius 3 is 2.73 bits per heavy atom. The van der Waals surface area contributed by atoms with Crippen LogP contribution in [0.2, 0.25) is 0 Å². The van der Waals surface area contributed by atoms with Crippen LogP contribution in [0.5, 0.6) is 5.75 Å². The van der Waals surface area contributed by atoms with Crippen LogP contribution in [0.4, 0.5) is 5.69 Å². The van der Waals surface area contributed by atoms with Crippen molar-refractivity contribution in [3.05, 3.63) is 71.8 Å². The van der Waals surface area contributed by atoms with Crippen molar-refractivity contribution >= 4 is 28.6 Å². The third-order valence-corrected chi connectivity index (χ3v) is 4.11. The van der Waals surface area contributed by atoms with Crippen LogP contribution < -0.4 is 10.7 Å². The molecular formula is C21H21N3O2. The number of aryl methyl sites for hydroxylation is 1. The van der Waals surface area contributed by atoms with Crippen LogP contribution in [0.3, 0.4) is 0 Å². The number of rotatable bonds is 5. The molecule has 5 nitrogen and oxygen atoms in total. The van der Waals surface area contributed by atoms with Gasteiger partial charge in [0, 0.05) is 11.3 Å². The number of aromatic hydroxyl groups is 1. The molecule has 0 heterocycles. The van der Waals surface area contributed by atoms with Crippen molar-refractivity contribution in [2.24, 2.45) is 5.10 Å². The summed E-state index contributed by atoms with van der Waals surface area (Å²) in [6.45, 7) is 3.76. The van der Waals surface area contributed by atoms with Crippen LogP contribution >= 0.6 is 0 Å². The van der Waals surface area contributed by atoms with Crippen LogP contribution in [-0.4, -0.2) is 23.3 Å². The number of benzene rings is 3.